The third kappa shape index (κ3) is 9.45. The fraction of sp³-hybridized carbons (Fsp3) is 1.00. The van der Waals surface area contributed by atoms with Gasteiger partial charge in [0.2, 0.25) is 0 Å². The number of aliphatic hydroxyl groups excluding tert-OH is 1. The number of rotatable bonds is 11. The zero-order valence-electron chi connectivity index (χ0n) is 14.3. The van der Waals surface area contributed by atoms with Crippen LogP contribution in [0.5, 0.6) is 0 Å². The number of quaternary nitrogens is 1. The first kappa shape index (κ1) is 18.9. The molecular formula is C17H38NO+. The first-order chi connectivity index (χ1) is 8.81. The normalized spacial score (nSPS) is 12.9. The number of hydrogen-bond donors (Lipinski definition) is 1. The molecule has 0 rings (SSSR count). The van der Waals surface area contributed by atoms with Gasteiger partial charge in [0.15, 0.2) is 0 Å². The maximum atomic E-state index is 9.48. The van der Waals surface area contributed by atoms with Gasteiger partial charge in [-0.25, -0.2) is 0 Å². The van der Waals surface area contributed by atoms with Gasteiger partial charge in [-0.05, 0) is 37.0 Å². The topological polar surface area (TPSA) is 20.2 Å². The molecule has 0 bridgehead atoms. The summed E-state index contributed by atoms with van der Waals surface area (Å²) in [5, 5.41) is 9.48. The van der Waals surface area contributed by atoms with Gasteiger partial charge in [-0.15, -0.1) is 0 Å². The van der Waals surface area contributed by atoms with E-state index in [2.05, 4.69) is 41.5 Å². The Kier molecular flexibility index (Phi) is 9.72. The molecule has 1 N–H and O–H groups in total. The lowest BCUT2D eigenvalue weighted by atomic mass is 10.0. The van der Waals surface area contributed by atoms with Gasteiger partial charge in [0.25, 0.3) is 0 Å². The smallest absolute Gasteiger partial charge is 0.102 e. The Hall–Kier alpha value is -0.0800. The number of aliphatic hydroxyl groups is 1. The quantitative estimate of drug-likeness (QED) is 0.565. The van der Waals surface area contributed by atoms with Crippen molar-refractivity contribution in [2.45, 2.75) is 60.8 Å². The average molecular weight is 272 g/mol. The second-order valence-electron chi connectivity index (χ2n) is 7.51. The molecule has 0 spiro atoms. The minimum atomic E-state index is 0.328. The van der Waals surface area contributed by atoms with Gasteiger partial charge in [0.1, 0.15) is 6.54 Å². The summed E-state index contributed by atoms with van der Waals surface area (Å²) in [7, 11) is 0. The Balaban J connectivity index is 4.65. The standard InChI is InChI=1S/C17H38NO/c1-15(2)7-10-18(13-14-19,11-8-16(3)4)12-9-17(5)6/h15-17,19H,7-14H2,1-6H3/q+1. The molecule has 0 fully saturated rings. The van der Waals surface area contributed by atoms with E-state index in [4.69, 9.17) is 0 Å². The van der Waals surface area contributed by atoms with Crippen LogP contribution in [-0.4, -0.2) is 42.4 Å². The van der Waals surface area contributed by atoms with Crippen LogP contribution in [0.2, 0.25) is 0 Å². The van der Waals surface area contributed by atoms with Crippen molar-refractivity contribution in [3.63, 3.8) is 0 Å². The van der Waals surface area contributed by atoms with Crippen molar-refractivity contribution in [1.29, 1.82) is 0 Å². The van der Waals surface area contributed by atoms with Crippen LogP contribution in [0, 0.1) is 17.8 Å². The predicted octanol–water partition coefficient (Wildman–Crippen LogP) is 3.93. The second-order valence-corrected chi connectivity index (χ2v) is 7.51. The molecule has 19 heavy (non-hydrogen) atoms. The average Bonchev–Trinajstić information content (AvgIpc) is 2.31. The van der Waals surface area contributed by atoms with E-state index in [-0.39, 0.29) is 0 Å². The third-order valence-electron chi connectivity index (χ3n) is 4.12. The molecule has 0 aliphatic rings. The highest BCUT2D eigenvalue weighted by Gasteiger charge is 2.27. The molecule has 2 heteroatoms. The summed E-state index contributed by atoms with van der Waals surface area (Å²) < 4.78 is 1.13. The molecule has 0 aliphatic carbocycles. The fourth-order valence-corrected chi connectivity index (χ4v) is 2.48. The lowest BCUT2D eigenvalue weighted by molar-refractivity contribution is -0.929. The monoisotopic (exact) mass is 272 g/mol. The van der Waals surface area contributed by atoms with Crippen LogP contribution < -0.4 is 0 Å². The fourth-order valence-electron chi connectivity index (χ4n) is 2.48. The van der Waals surface area contributed by atoms with E-state index in [0.29, 0.717) is 6.61 Å². The molecule has 0 heterocycles. The number of nitrogens with zero attached hydrogens (tertiary/aromatic N) is 1. The van der Waals surface area contributed by atoms with E-state index in [1.807, 2.05) is 0 Å². The van der Waals surface area contributed by atoms with E-state index in [9.17, 15) is 5.11 Å². The van der Waals surface area contributed by atoms with Crippen molar-refractivity contribution in [3.05, 3.63) is 0 Å². The first-order valence-electron chi connectivity index (χ1n) is 8.27. The van der Waals surface area contributed by atoms with Gasteiger partial charge in [-0.2, -0.15) is 0 Å². The summed E-state index contributed by atoms with van der Waals surface area (Å²) in [6, 6.07) is 0. The third-order valence-corrected chi connectivity index (χ3v) is 4.12. The van der Waals surface area contributed by atoms with E-state index < -0.39 is 0 Å². The zero-order valence-corrected chi connectivity index (χ0v) is 14.3. The summed E-state index contributed by atoms with van der Waals surface area (Å²) in [5.41, 5.74) is 0. The molecule has 0 saturated carbocycles. The predicted molar refractivity (Wildman–Crippen MR) is 85.2 cm³/mol. The Bertz CT molecular complexity index is 180. The minimum absolute atomic E-state index is 0.328. The van der Waals surface area contributed by atoms with Crippen LogP contribution >= 0.6 is 0 Å². The Labute approximate surface area is 121 Å². The van der Waals surface area contributed by atoms with E-state index >= 15 is 0 Å². The van der Waals surface area contributed by atoms with E-state index in [0.717, 1.165) is 28.8 Å². The summed E-state index contributed by atoms with van der Waals surface area (Å²) in [6.45, 7) is 18.8. The van der Waals surface area contributed by atoms with Crippen LogP contribution in [0.4, 0.5) is 0 Å². The zero-order chi connectivity index (χ0) is 14.9. The van der Waals surface area contributed by atoms with E-state index in [1.54, 1.807) is 0 Å². The highest BCUT2D eigenvalue weighted by Crippen LogP contribution is 2.18. The molecule has 0 saturated heterocycles. The van der Waals surface area contributed by atoms with Crippen LogP contribution in [0.15, 0.2) is 0 Å². The molecule has 0 radical (unpaired) electrons. The molecule has 2 nitrogen and oxygen atoms in total. The largest absolute Gasteiger partial charge is 0.391 e. The van der Waals surface area contributed by atoms with Crippen molar-refractivity contribution in [1.82, 2.24) is 0 Å². The summed E-state index contributed by atoms with van der Waals surface area (Å²) in [5.74, 6) is 2.28. The lowest BCUT2D eigenvalue weighted by Gasteiger charge is -2.40. The Morgan fingerprint density at radius 3 is 1.16 bits per heavy atom. The molecule has 0 aromatic rings. The van der Waals surface area contributed by atoms with Crippen molar-refractivity contribution in [3.8, 4) is 0 Å². The molecule has 0 atom stereocenters. The van der Waals surface area contributed by atoms with Gasteiger partial charge in [0, 0.05) is 0 Å². The highest BCUT2D eigenvalue weighted by atomic mass is 16.3. The second kappa shape index (κ2) is 9.77. The Morgan fingerprint density at radius 1 is 0.632 bits per heavy atom. The van der Waals surface area contributed by atoms with Crippen molar-refractivity contribution in [2.24, 2.45) is 17.8 Å². The van der Waals surface area contributed by atoms with Gasteiger partial charge < -0.3 is 9.59 Å². The maximum absolute atomic E-state index is 9.48. The molecule has 0 unspecified atom stereocenters. The SMILES string of the molecule is CC(C)CC[N+](CCO)(CCC(C)C)CCC(C)C. The van der Waals surface area contributed by atoms with Crippen molar-refractivity contribution >= 4 is 0 Å². The highest BCUT2D eigenvalue weighted by molar-refractivity contribution is 4.54. The Morgan fingerprint density at radius 2 is 0.947 bits per heavy atom. The van der Waals surface area contributed by atoms with Gasteiger partial charge >= 0.3 is 0 Å². The summed E-state index contributed by atoms with van der Waals surface area (Å²) in [6.07, 6.45) is 3.82. The first-order valence-corrected chi connectivity index (χ1v) is 8.27. The number of hydrogen-bond acceptors (Lipinski definition) is 1. The maximum Gasteiger partial charge on any atom is 0.102 e. The van der Waals surface area contributed by atoms with Crippen molar-refractivity contribution in [2.75, 3.05) is 32.8 Å². The molecule has 0 aromatic carbocycles. The van der Waals surface area contributed by atoms with Crippen molar-refractivity contribution < 1.29 is 9.59 Å². The lowest BCUT2D eigenvalue weighted by Crippen LogP contribution is -2.52. The molecule has 0 aliphatic heterocycles. The molecule has 116 valence electrons. The van der Waals surface area contributed by atoms with Gasteiger partial charge in [0.05, 0.1) is 26.2 Å². The van der Waals surface area contributed by atoms with Gasteiger partial charge in [-0.1, -0.05) is 41.5 Å². The summed E-state index contributed by atoms with van der Waals surface area (Å²) >= 11 is 0. The summed E-state index contributed by atoms with van der Waals surface area (Å²) in [4.78, 5) is 0. The molecule has 0 aromatic heterocycles. The minimum Gasteiger partial charge on any atom is -0.391 e. The molecular weight excluding hydrogens is 234 g/mol. The van der Waals surface area contributed by atoms with Crippen LogP contribution in [0.3, 0.4) is 0 Å². The van der Waals surface area contributed by atoms with Gasteiger partial charge in [-0.3, -0.25) is 0 Å². The van der Waals surface area contributed by atoms with E-state index in [1.165, 1.54) is 38.9 Å². The molecule has 0 amide bonds. The van der Waals surface area contributed by atoms with Crippen LogP contribution in [0.1, 0.15) is 60.8 Å². The van der Waals surface area contributed by atoms with Crippen LogP contribution in [-0.2, 0) is 0 Å². The van der Waals surface area contributed by atoms with Crippen LogP contribution in [0.25, 0.3) is 0 Å².